The van der Waals surface area contributed by atoms with Crippen molar-refractivity contribution < 1.29 is 14.2 Å². The molecule has 0 heterocycles. The molecule has 0 aromatic heterocycles. The Labute approximate surface area is 164 Å². The summed E-state index contributed by atoms with van der Waals surface area (Å²) in [5, 5.41) is 0. The van der Waals surface area contributed by atoms with Crippen LogP contribution < -0.4 is 4.74 Å². The highest BCUT2D eigenvalue weighted by Gasteiger charge is 2.10. The Bertz CT molecular complexity index is 612. The molecule has 0 radical (unpaired) electrons. The molecule has 0 aliphatic rings. The van der Waals surface area contributed by atoms with Crippen molar-refractivity contribution in [2.75, 3.05) is 13.2 Å². The van der Waals surface area contributed by atoms with Crippen molar-refractivity contribution in [3.05, 3.63) is 59.7 Å². The van der Waals surface area contributed by atoms with E-state index >= 15 is 0 Å². The van der Waals surface area contributed by atoms with E-state index in [9.17, 15) is 0 Å². The van der Waals surface area contributed by atoms with Crippen molar-refractivity contribution in [2.24, 2.45) is 0 Å². The Kier molecular flexibility index (Phi) is 7.46. The molecule has 2 aromatic rings. The summed E-state index contributed by atoms with van der Waals surface area (Å²) in [6.45, 7) is 13.9. The zero-order valence-corrected chi connectivity index (χ0v) is 17.7. The monoisotopic (exact) mass is 370 g/mol. The van der Waals surface area contributed by atoms with E-state index in [-0.39, 0.29) is 11.2 Å². The average Bonchev–Trinajstić information content (AvgIpc) is 2.56. The van der Waals surface area contributed by atoms with Crippen LogP contribution in [-0.4, -0.2) is 24.4 Å². The normalized spacial score (nSPS) is 12.2. The lowest BCUT2D eigenvalue weighted by molar-refractivity contribution is -0.00137. The Balaban J connectivity index is 1.81. The summed E-state index contributed by atoms with van der Waals surface area (Å²) in [5.41, 5.74) is 2.32. The van der Waals surface area contributed by atoms with Crippen LogP contribution in [-0.2, 0) is 22.3 Å². The van der Waals surface area contributed by atoms with E-state index in [2.05, 4.69) is 65.8 Å². The van der Waals surface area contributed by atoms with Gasteiger partial charge in [0.25, 0.3) is 0 Å². The fraction of sp³-hybridized carbons (Fsp3) is 0.500. The second kappa shape index (κ2) is 9.38. The van der Waals surface area contributed by atoms with Crippen LogP contribution in [0.15, 0.2) is 48.5 Å². The van der Waals surface area contributed by atoms with Crippen molar-refractivity contribution in [2.45, 2.75) is 65.6 Å². The van der Waals surface area contributed by atoms with E-state index in [1.807, 2.05) is 24.3 Å². The van der Waals surface area contributed by atoms with Gasteiger partial charge in [-0.3, -0.25) is 0 Å². The van der Waals surface area contributed by atoms with Crippen LogP contribution >= 0.6 is 0 Å². The molecule has 0 N–H and O–H groups in total. The van der Waals surface area contributed by atoms with Crippen molar-refractivity contribution in [3.63, 3.8) is 0 Å². The second-order valence-corrected chi connectivity index (χ2v) is 8.81. The van der Waals surface area contributed by atoms with Crippen LogP contribution in [0.4, 0.5) is 0 Å². The van der Waals surface area contributed by atoms with Gasteiger partial charge in [0.1, 0.15) is 11.5 Å². The standard InChI is InChI=1S/C24H34O3/c1-23(2,3)25-17-15-19-7-11-21(12-8-19)27-22-13-9-20(10-14-22)16-18-26-24(4,5)6/h7-14H,15-18H2,1-6H3. The molecule has 3 heteroatoms. The zero-order chi connectivity index (χ0) is 19.9. The van der Waals surface area contributed by atoms with Crippen LogP contribution in [0.2, 0.25) is 0 Å². The Hall–Kier alpha value is -1.84. The van der Waals surface area contributed by atoms with E-state index in [1.54, 1.807) is 0 Å². The molecule has 3 nitrogen and oxygen atoms in total. The third-order valence-corrected chi connectivity index (χ3v) is 3.93. The number of hydrogen-bond acceptors (Lipinski definition) is 3. The fourth-order valence-electron chi connectivity index (χ4n) is 2.53. The summed E-state index contributed by atoms with van der Waals surface area (Å²) >= 11 is 0. The molecule has 0 atom stereocenters. The van der Waals surface area contributed by atoms with E-state index < -0.39 is 0 Å². The number of benzene rings is 2. The van der Waals surface area contributed by atoms with E-state index in [1.165, 1.54) is 11.1 Å². The molecule has 0 unspecified atom stereocenters. The Morgan fingerprint density at radius 1 is 0.556 bits per heavy atom. The quantitative estimate of drug-likeness (QED) is 0.554. The minimum absolute atomic E-state index is 0.0892. The van der Waals surface area contributed by atoms with Gasteiger partial charge < -0.3 is 14.2 Å². The summed E-state index contributed by atoms with van der Waals surface area (Å²) in [5.74, 6) is 1.69. The first-order valence-corrected chi connectivity index (χ1v) is 9.74. The van der Waals surface area contributed by atoms with Gasteiger partial charge in [-0.05, 0) is 89.8 Å². The van der Waals surface area contributed by atoms with E-state index in [0.29, 0.717) is 0 Å². The lowest BCUT2D eigenvalue weighted by Crippen LogP contribution is -2.20. The van der Waals surface area contributed by atoms with Gasteiger partial charge in [0.2, 0.25) is 0 Å². The highest BCUT2D eigenvalue weighted by atomic mass is 16.5. The third-order valence-electron chi connectivity index (χ3n) is 3.93. The predicted octanol–water partition coefficient (Wildman–Crippen LogP) is 6.19. The largest absolute Gasteiger partial charge is 0.457 e. The minimum atomic E-state index is -0.0892. The van der Waals surface area contributed by atoms with Crippen molar-refractivity contribution in [3.8, 4) is 11.5 Å². The SMILES string of the molecule is CC(C)(C)OCCc1ccc(Oc2ccc(CCOC(C)(C)C)cc2)cc1. The average molecular weight is 371 g/mol. The summed E-state index contributed by atoms with van der Waals surface area (Å²) < 4.78 is 17.5. The van der Waals surface area contributed by atoms with Gasteiger partial charge in [0.15, 0.2) is 0 Å². The van der Waals surface area contributed by atoms with Gasteiger partial charge in [-0.25, -0.2) is 0 Å². The van der Waals surface area contributed by atoms with Crippen LogP contribution in [0, 0.1) is 0 Å². The van der Waals surface area contributed by atoms with Gasteiger partial charge in [0, 0.05) is 0 Å². The molecule has 2 aromatic carbocycles. The topological polar surface area (TPSA) is 27.7 Å². The summed E-state index contributed by atoms with van der Waals surface area (Å²) in [6.07, 6.45) is 1.81. The van der Waals surface area contributed by atoms with Gasteiger partial charge in [-0.1, -0.05) is 24.3 Å². The van der Waals surface area contributed by atoms with Crippen molar-refractivity contribution in [1.29, 1.82) is 0 Å². The Morgan fingerprint density at radius 2 is 0.889 bits per heavy atom. The summed E-state index contributed by atoms with van der Waals surface area (Å²) in [7, 11) is 0. The maximum atomic E-state index is 5.94. The van der Waals surface area contributed by atoms with Gasteiger partial charge >= 0.3 is 0 Å². The van der Waals surface area contributed by atoms with Crippen LogP contribution in [0.1, 0.15) is 52.7 Å². The second-order valence-electron chi connectivity index (χ2n) is 8.81. The first-order chi connectivity index (χ1) is 12.6. The maximum absolute atomic E-state index is 5.94. The summed E-state index contributed by atoms with van der Waals surface area (Å²) in [6, 6.07) is 16.4. The molecule has 2 rings (SSSR count). The molecule has 0 spiro atoms. The van der Waals surface area contributed by atoms with Gasteiger partial charge in [-0.2, -0.15) is 0 Å². The third kappa shape index (κ3) is 9.07. The molecule has 148 valence electrons. The van der Waals surface area contributed by atoms with Crippen LogP contribution in [0.3, 0.4) is 0 Å². The molecule has 0 aliphatic heterocycles. The lowest BCUT2D eigenvalue weighted by atomic mass is 10.1. The van der Waals surface area contributed by atoms with Crippen molar-refractivity contribution >= 4 is 0 Å². The molecular formula is C24H34O3. The number of ether oxygens (including phenoxy) is 3. The van der Waals surface area contributed by atoms with E-state index in [0.717, 1.165) is 37.6 Å². The highest BCUT2D eigenvalue weighted by Crippen LogP contribution is 2.23. The molecule has 27 heavy (non-hydrogen) atoms. The van der Waals surface area contributed by atoms with Gasteiger partial charge in [-0.15, -0.1) is 0 Å². The number of rotatable bonds is 8. The molecular weight excluding hydrogens is 336 g/mol. The molecule has 0 saturated heterocycles. The van der Waals surface area contributed by atoms with Gasteiger partial charge in [0.05, 0.1) is 24.4 Å². The molecule has 0 bridgehead atoms. The Morgan fingerprint density at radius 3 is 1.19 bits per heavy atom. The first-order valence-electron chi connectivity index (χ1n) is 9.74. The lowest BCUT2D eigenvalue weighted by Gasteiger charge is -2.19. The smallest absolute Gasteiger partial charge is 0.127 e. The highest BCUT2D eigenvalue weighted by molar-refractivity contribution is 5.34. The van der Waals surface area contributed by atoms with E-state index in [4.69, 9.17) is 14.2 Å². The first kappa shape index (κ1) is 21.5. The molecule has 0 fully saturated rings. The minimum Gasteiger partial charge on any atom is -0.457 e. The zero-order valence-electron chi connectivity index (χ0n) is 17.7. The van der Waals surface area contributed by atoms with Crippen molar-refractivity contribution in [1.82, 2.24) is 0 Å². The molecule has 0 saturated carbocycles. The van der Waals surface area contributed by atoms with Crippen LogP contribution in [0.25, 0.3) is 0 Å². The van der Waals surface area contributed by atoms with Crippen LogP contribution in [0.5, 0.6) is 11.5 Å². The fourth-order valence-corrected chi connectivity index (χ4v) is 2.53. The maximum Gasteiger partial charge on any atom is 0.127 e. The predicted molar refractivity (Wildman–Crippen MR) is 112 cm³/mol. The summed E-state index contributed by atoms with van der Waals surface area (Å²) in [4.78, 5) is 0. The molecule has 0 aliphatic carbocycles. The number of hydrogen-bond donors (Lipinski definition) is 0. The molecule has 0 amide bonds.